The third-order valence-electron chi connectivity index (χ3n) is 10.9. The van der Waals surface area contributed by atoms with Crippen molar-refractivity contribution in [1.29, 1.82) is 0 Å². The van der Waals surface area contributed by atoms with Gasteiger partial charge >= 0.3 is 0 Å². The summed E-state index contributed by atoms with van der Waals surface area (Å²) in [5, 5.41) is 10.1. The van der Waals surface area contributed by atoms with E-state index in [1.165, 1.54) is 32.1 Å². The van der Waals surface area contributed by atoms with Gasteiger partial charge in [-0.1, -0.05) is 72.3 Å². The van der Waals surface area contributed by atoms with Gasteiger partial charge in [0.25, 0.3) is 0 Å². The number of aromatic nitrogens is 2. The number of methoxy groups -OCH3 is 1. The third-order valence-corrected chi connectivity index (χ3v) is 11.4. The van der Waals surface area contributed by atoms with Gasteiger partial charge in [0.15, 0.2) is 11.5 Å². The molecule has 2 aliphatic heterocycles. The van der Waals surface area contributed by atoms with Crippen molar-refractivity contribution in [3.8, 4) is 11.5 Å². The van der Waals surface area contributed by atoms with Gasteiger partial charge in [-0.05, 0) is 81.1 Å². The molecule has 0 radical (unpaired) electrons. The van der Waals surface area contributed by atoms with Crippen LogP contribution in [0.4, 0.5) is 11.5 Å². The van der Waals surface area contributed by atoms with Crippen LogP contribution in [0.15, 0.2) is 65.1 Å². The van der Waals surface area contributed by atoms with Crippen LogP contribution in [-0.2, 0) is 14.4 Å². The Labute approximate surface area is 344 Å². The maximum absolute atomic E-state index is 12.9. The Kier molecular flexibility index (Phi) is 15.1. The first-order chi connectivity index (χ1) is 27.7. The maximum atomic E-state index is 12.9. The van der Waals surface area contributed by atoms with Crippen LogP contribution < -0.4 is 25.4 Å². The molecule has 6 rings (SSSR count). The maximum Gasteiger partial charge on any atom is 0.241 e. The average molecular weight is 843 g/mol. The Morgan fingerprint density at radius 1 is 0.930 bits per heavy atom. The summed E-state index contributed by atoms with van der Waals surface area (Å²) in [6.07, 6.45) is 8.96. The number of hydrogen-bond acceptors (Lipinski definition) is 10. The van der Waals surface area contributed by atoms with Crippen LogP contribution in [-0.4, -0.2) is 90.5 Å². The number of piperidine rings is 1. The number of unbranched alkanes of at least 4 members (excludes halogenated alkanes) is 6. The van der Waals surface area contributed by atoms with Crippen LogP contribution >= 0.6 is 15.9 Å². The number of nitrogens with zero attached hydrogens (tertiary/aromatic N) is 4. The zero-order chi connectivity index (χ0) is 40.1. The van der Waals surface area contributed by atoms with E-state index in [-0.39, 0.29) is 36.2 Å². The number of imide groups is 1. The Morgan fingerprint density at radius 2 is 1.68 bits per heavy atom. The monoisotopic (exact) mass is 841 g/mol. The van der Waals surface area contributed by atoms with Crippen LogP contribution in [0.5, 0.6) is 11.5 Å². The number of ether oxygens (including phenoxy) is 2. The Hall–Kier alpha value is -4.75. The molecule has 4 aromatic rings. The number of piperazine rings is 1. The van der Waals surface area contributed by atoms with E-state index in [9.17, 15) is 14.4 Å². The normalized spacial score (nSPS) is 16.6. The molecule has 3 aromatic carbocycles. The molecule has 2 fully saturated rings. The average Bonchev–Trinajstić information content (AvgIpc) is 3.20. The van der Waals surface area contributed by atoms with Crippen LogP contribution in [0.3, 0.4) is 0 Å². The molecule has 3 N–H and O–H groups in total. The second-order valence-electron chi connectivity index (χ2n) is 15.1. The fourth-order valence-electron chi connectivity index (χ4n) is 7.59. The number of halogens is 1. The second-order valence-corrected chi connectivity index (χ2v) is 16.0. The predicted octanol–water partition coefficient (Wildman–Crippen LogP) is 7.77. The molecule has 0 aliphatic carbocycles. The van der Waals surface area contributed by atoms with Gasteiger partial charge in [0.1, 0.15) is 11.6 Å². The second kappa shape index (κ2) is 20.6. The number of fused-ring (bicyclic) bond motifs is 1. The number of nitrogens with one attached hydrogen (secondary N) is 3. The lowest BCUT2D eigenvalue weighted by Gasteiger charge is -2.35. The Morgan fingerprint density at radius 3 is 2.44 bits per heavy atom. The first kappa shape index (κ1) is 41.9. The minimum absolute atomic E-state index is 0.0463. The van der Waals surface area contributed by atoms with Gasteiger partial charge in [0.2, 0.25) is 17.7 Å². The molecule has 0 bridgehead atoms. The van der Waals surface area contributed by atoms with Crippen molar-refractivity contribution in [3.05, 3.63) is 82.1 Å². The smallest absolute Gasteiger partial charge is 0.241 e. The highest BCUT2D eigenvalue weighted by molar-refractivity contribution is 9.10. The minimum atomic E-state index is -0.343. The van der Waals surface area contributed by atoms with E-state index in [4.69, 9.17) is 19.4 Å². The fourth-order valence-corrected chi connectivity index (χ4v) is 8.01. The first-order valence-corrected chi connectivity index (χ1v) is 21.1. The van der Waals surface area contributed by atoms with E-state index in [0.717, 1.165) is 83.6 Å². The van der Waals surface area contributed by atoms with E-state index in [1.807, 2.05) is 60.4 Å². The highest BCUT2D eigenvalue weighted by Crippen LogP contribution is 2.36. The van der Waals surface area contributed by atoms with E-state index >= 15 is 0 Å². The van der Waals surface area contributed by atoms with Crippen molar-refractivity contribution in [1.82, 2.24) is 25.1 Å². The summed E-state index contributed by atoms with van der Waals surface area (Å²) in [6, 6.07) is 19.8. The summed E-state index contributed by atoms with van der Waals surface area (Å²) >= 11 is 3.57. The van der Waals surface area contributed by atoms with Gasteiger partial charge < -0.3 is 25.0 Å². The number of carbonyl (C=O) groups excluding carboxylic acids is 3. The lowest BCUT2D eigenvalue weighted by Crippen LogP contribution is -2.50. The van der Waals surface area contributed by atoms with E-state index in [0.29, 0.717) is 36.8 Å². The summed E-state index contributed by atoms with van der Waals surface area (Å²) in [5.74, 6) is 2.09. The molecule has 57 heavy (non-hydrogen) atoms. The largest absolute Gasteiger partial charge is 0.493 e. The highest BCUT2D eigenvalue weighted by atomic mass is 79.9. The van der Waals surface area contributed by atoms with E-state index in [2.05, 4.69) is 55.8 Å². The van der Waals surface area contributed by atoms with Gasteiger partial charge in [0, 0.05) is 54.2 Å². The van der Waals surface area contributed by atoms with Gasteiger partial charge in [0.05, 0.1) is 37.7 Å². The zero-order valence-electron chi connectivity index (χ0n) is 33.4. The number of rotatable bonds is 19. The van der Waals surface area contributed by atoms with Gasteiger partial charge in [-0.3, -0.25) is 24.6 Å². The predicted molar refractivity (Wildman–Crippen MR) is 228 cm³/mol. The molecule has 3 heterocycles. The summed E-state index contributed by atoms with van der Waals surface area (Å²) in [6.45, 7) is 9.20. The molecule has 0 saturated carbocycles. The Bertz CT molecular complexity index is 2000. The molecule has 13 heteroatoms. The number of amides is 3. The summed E-state index contributed by atoms with van der Waals surface area (Å²) in [5.41, 5.74) is 3.63. The molecule has 2 atom stereocenters. The molecule has 3 amide bonds. The van der Waals surface area contributed by atoms with Crippen LogP contribution in [0, 0.1) is 6.92 Å². The summed E-state index contributed by atoms with van der Waals surface area (Å²) in [4.78, 5) is 50.6. The first-order valence-electron chi connectivity index (χ1n) is 20.4. The zero-order valence-corrected chi connectivity index (χ0v) is 35.0. The number of benzene rings is 3. The summed E-state index contributed by atoms with van der Waals surface area (Å²) in [7, 11) is 1.66. The SMILES string of the molecule is COc1cc2c(N[C@H](C)c3cccc(Br)c3)nc(C)nc2cc1OCCCCCCCCCN1CCN(C(=O)CNc2cccc(C3CCC(=O)NC3=O)c2)CC1. The third kappa shape index (κ3) is 11.9. The van der Waals surface area contributed by atoms with Crippen LogP contribution in [0.2, 0.25) is 0 Å². The van der Waals surface area contributed by atoms with Gasteiger partial charge in [-0.25, -0.2) is 9.97 Å². The molecule has 2 saturated heterocycles. The molecule has 2 aliphatic rings. The summed E-state index contributed by atoms with van der Waals surface area (Å²) < 4.78 is 13.0. The van der Waals surface area contributed by atoms with Crippen LogP contribution in [0.25, 0.3) is 10.9 Å². The molecule has 12 nitrogen and oxygen atoms in total. The lowest BCUT2D eigenvalue weighted by molar-refractivity contribution is -0.134. The van der Waals surface area contributed by atoms with E-state index < -0.39 is 0 Å². The Balaban J connectivity index is 0.829. The quantitative estimate of drug-likeness (QED) is 0.0635. The van der Waals surface area contributed by atoms with E-state index in [1.54, 1.807) is 7.11 Å². The molecular weight excluding hydrogens is 786 g/mol. The van der Waals surface area contributed by atoms with Crippen molar-refractivity contribution in [2.45, 2.75) is 83.6 Å². The number of anilines is 2. The van der Waals surface area contributed by atoms with Crippen LogP contribution in [0.1, 0.15) is 93.6 Å². The molecule has 1 aromatic heterocycles. The minimum Gasteiger partial charge on any atom is -0.493 e. The number of hydrogen-bond donors (Lipinski definition) is 3. The molecule has 0 spiro atoms. The van der Waals surface area contributed by atoms with Crippen molar-refractivity contribution in [3.63, 3.8) is 0 Å². The molecular formula is C44H56BrN7O5. The van der Waals surface area contributed by atoms with Crippen molar-refractivity contribution in [2.24, 2.45) is 0 Å². The van der Waals surface area contributed by atoms with Gasteiger partial charge in [-0.2, -0.15) is 0 Å². The molecule has 304 valence electrons. The van der Waals surface area contributed by atoms with Crippen molar-refractivity contribution in [2.75, 3.05) is 63.6 Å². The lowest BCUT2D eigenvalue weighted by atomic mass is 9.90. The van der Waals surface area contributed by atoms with Crippen molar-refractivity contribution < 1.29 is 23.9 Å². The van der Waals surface area contributed by atoms with Gasteiger partial charge in [-0.15, -0.1) is 0 Å². The number of aryl methyl sites for hydroxylation is 1. The molecule has 1 unspecified atom stereocenters. The highest BCUT2D eigenvalue weighted by Gasteiger charge is 2.28. The topological polar surface area (TPSA) is 138 Å². The van der Waals surface area contributed by atoms with Crippen molar-refractivity contribution >= 4 is 56.1 Å². The fraction of sp³-hybridized carbons (Fsp3) is 0.477. The number of carbonyl (C=O) groups is 3. The standard InChI is InChI=1S/C44H56BrN7O5/c1-30(32-13-11-15-34(45)25-32)47-43-37-27-39(56-3)40(28-38(37)48-31(2)49-43)57-24-10-8-6-4-5-7-9-19-51-20-22-52(23-21-51)42(54)29-46-35-16-12-14-33(26-35)36-17-18-41(53)50-44(36)55/h11-16,25-28,30,36,46H,4-10,17-24,29H2,1-3H3,(H,47,48,49)(H,50,53,55)/t30-,36?/m1/s1.